The minimum absolute atomic E-state index is 2.58. The highest BCUT2D eigenvalue weighted by molar-refractivity contribution is 6.66. The zero-order chi connectivity index (χ0) is 6.50. The van der Waals surface area contributed by atoms with Crippen LogP contribution in [0.1, 0.15) is 0 Å². The molecule has 0 aliphatic carbocycles. The van der Waals surface area contributed by atoms with Gasteiger partial charge in [-0.05, 0) is 34.8 Å². The lowest BCUT2D eigenvalue weighted by atomic mass is 11.7. The Bertz CT molecular complexity index is 26.4. The number of hydrogen-bond donors (Lipinski definition) is 0. The highest BCUT2D eigenvalue weighted by atomic mass is 35.6. The summed E-state index contributed by atoms with van der Waals surface area (Å²) in [5.41, 5.74) is 0. The Morgan fingerprint density at radius 3 is 1.14 bits per heavy atom. The predicted octanol–water partition coefficient (Wildman–Crippen LogP) is 2.79. The van der Waals surface area contributed by atoms with Crippen molar-refractivity contribution in [2.75, 3.05) is 0 Å². The molecule has 43 valence electrons. The maximum Gasteiger partial charge on any atom is 0.333 e. The lowest BCUT2D eigenvalue weighted by molar-refractivity contribution is 0.507. The summed E-state index contributed by atoms with van der Waals surface area (Å²) < 4.78 is 17.2. The molecule has 0 spiro atoms. The van der Waals surface area contributed by atoms with E-state index < -0.39 is 4.05 Å². The van der Waals surface area contributed by atoms with Crippen LogP contribution in [0.5, 0.6) is 0 Å². The van der Waals surface area contributed by atoms with E-state index in [9.17, 15) is 4.39 Å². The molecule has 0 aliphatic rings. The van der Waals surface area contributed by atoms with E-state index in [1.165, 1.54) is 0 Å². The second-order valence-electron chi connectivity index (χ2n) is 0.429. The third kappa shape index (κ3) is 283. The molecule has 0 unspecified atom stereocenters. The van der Waals surface area contributed by atoms with Crippen molar-refractivity contribution in [1.29, 1.82) is 0 Å². The van der Waals surface area contributed by atoms with Crippen LogP contribution in [-0.2, 0) is 0 Å². The summed E-state index contributed by atoms with van der Waals surface area (Å²) in [7, 11) is 4.25. The first-order valence-corrected chi connectivity index (χ1v) is 2.08. The van der Waals surface area contributed by atoms with Gasteiger partial charge in [-0.25, -0.2) is 4.39 Å². The molecule has 0 rings (SSSR count). The Balaban J connectivity index is 0. The second kappa shape index (κ2) is 4.88. The Labute approximate surface area is 55.4 Å². The average molecular weight is 168 g/mol. The molecule has 3 radical (unpaired) electrons. The SMILES string of the molecule is FC(Cl)(Cl)Cl.[C]F. The smallest absolute Gasteiger partial charge is 0.232 e. The quantitative estimate of drug-likeness (QED) is 0.488. The summed E-state index contributed by atoms with van der Waals surface area (Å²) in [6.07, 6.45) is 0. The first-order valence-electron chi connectivity index (χ1n) is 0.945. The molecule has 0 bridgehead atoms. The van der Waals surface area contributed by atoms with Gasteiger partial charge in [-0.15, -0.1) is 0 Å². The van der Waals surface area contributed by atoms with Gasteiger partial charge in [0.1, 0.15) is 0 Å². The van der Waals surface area contributed by atoms with E-state index in [1.54, 1.807) is 0 Å². The Kier molecular flexibility index (Phi) is 7.43. The topological polar surface area (TPSA) is 0 Å². The minimum atomic E-state index is -2.58. The van der Waals surface area contributed by atoms with E-state index in [2.05, 4.69) is 42.0 Å². The second-order valence-corrected chi connectivity index (χ2v) is 2.57. The summed E-state index contributed by atoms with van der Waals surface area (Å²) in [4.78, 5) is 0. The third-order valence-electron chi connectivity index (χ3n) is 0. The van der Waals surface area contributed by atoms with E-state index in [1.807, 2.05) is 0 Å². The van der Waals surface area contributed by atoms with E-state index in [4.69, 9.17) is 4.39 Å². The van der Waals surface area contributed by atoms with Gasteiger partial charge in [0, 0.05) is 0 Å². The molecule has 0 aromatic heterocycles. The molecule has 0 aliphatic heterocycles. The monoisotopic (exact) mass is 167 g/mol. The first-order chi connectivity index (χ1) is 3.00. The van der Waals surface area contributed by atoms with Crippen LogP contribution < -0.4 is 0 Å². The van der Waals surface area contributed by atoms with Gasteiger partial charge in [0.25, 0.3) is 0 Å². The van der Waals surface area contributed by atoms with Crippen LogP contribution >= 0.6 is 34.8 Å². The molecule has 0 nitrogen and oxygen atoms in total. The van der Waals surface area contributed by atoms with Gasteiger partial charge in [-0.1, -0.05) is 0 Å². The Morgan fingerprint density at radius 2 is 1.14 bits per heavy atom. The van der Waals surface area contributed by atoms with Crippen molar-refractivity contribution in [2.24, 2.45) is 0 Å². The zero-order valence-corrected chi connectivity index (χ0v) is 5.16. The van der Waals surface area contributed by atoms with Crippen LogP contribution in [-0.4, -0.2) is 4.05 Å². The van der Waals surface area contributed by atoms with E-state index in [0.29, 0.717) is 0 Å². The van der Waals surface area contributed by atoms with Crippen LogP contribution in [0.3, 0.4) is 0 Å². The number of rotatable bonds is 0. The van der Waals surface area contributed by atoms with Gasteiger partial charge in [0.2, 0.25) is 7.18 Å². The molecule has 5 heteroatoms. The zero-order valence-electron chi connectivity index (χ0n) is 2.89. The van der Waals surface area contributed by atoms with E-state index in [0.717, 1.165) is 0 Å². The maximum absolute atomic E-state index is 11.0. The Morgan fingerprint density at radius 1 is 1.14 bits per heavy atom. The van der Waals surface area contributed by atoms with Crippen molar-refractivity contribution < 1.29 is 8.78 Å². The van der Waals surface area contributed by atoms with Crippen molar-refractivity contribution in [1.82, 2.24) is 0 Å². The van der Waals surface area contributed by atoms with Gasteiger partial charge in [-0.2, -0.15) is 4.39 Å². The maximum atomic E-state index is 11.0. The van der Waals surface area contributed by atoms with Crippen LogP contribution in [0.4, 0.5) is 8.78 Å². The Hall–Kier alpha value is 0.730. The molecular weight excluding hydrogens is 168 g/mol. The fraction of sp³-hybridized carbons (Fsp3) is 0.500. The fourth-order valence-electron chi connectivity index (χ4n) is 0. The predicted molar refractivity (Wildman–Crippen MR) is 25.7 cm³/mol. The van der Waals surface area contributed by atoms with Crippen LogP contribution in [0.2, 0.25) is 0 Å². The molecule has 0 fully saturated rings. The van der Waals surface area contributed by atoms with Gasteiger partial charge >= 0.3 is 4.05 Å². The summed E-state index contributed by atoms with van der Waals surface area (Å²) in [5, 5.41) is 0. The summed E-state index contributed by atoms with van der Waals surface area (Å²) in [5.74, 6) is 0. The van der Waals surface area contributed by atoms with Crippen LogP contribution in [0.15, 0.2) is 0 Å². The average Bonchev–Trinajstić information content (AvgIpc) is 1.36. The normalized spacial score (nSPS) is 9.43. The molecule has 0 N–H and O–H groups in total. The van der Waals surface area contributed by atoms with Crippen molar-refractivity contribution >= 4 is 34.8 Å². The van der Waals surface area contributed by atoms with Crippen molar-refractivity contribution in [3.05, 3.63) is 7.18 Å². The highest BCUT2D eigenvalue weighted by Crippen LogP contribution is 2.26. The standard InChI is InChI=1S/CCl3F.CF/c2-1(3,4)5;1-2. The van der Waals surface area contributed by atoms with Crippen LogP contribution in [0, 0.1) is 7.18 Å². The lowest BCUT2D eigenvalue weighted by Gasteiger charge is -1.89. The molecule has 0 aromatic rings. The minimum Gasteiger partial charge on any atom is -0.232 e. The summed E-state index contributed by atoms with van der Waals surface area (Å²) in [6.45, 7) is 0. The molecule has 0 heterocycles. The van der Waals surface area contributed by atoms with Crippen molar-refractivity contribution in [2.45, 2.75) is 4.05 Å². The number of hydrogen-bond acceptors (Lipinski definition) is 0. The first kappa shape index (κ1) is 10.7. The van der Waals surface area contributed by atoms with Gasteiger partial charge < -0.3 is 0 Å². The fourth-order valence-corrected chi connectivity index (χ4v) is 0. The van der Waals surface area contributed by atoms with E-state index >= 15 is 0 Å². The molecule has 0 aromatic carbocycles. The summed E-state index contributed by atoms with van der Waals surface area (Å²) in [6, 6.07) is 0. The molecule has 0 atom stereocenters. The molecule has 0 saturated carbocycles. The highest BCUT2D eigenvalue weighted by Gasteiger charge is 2.14. The van der Waals surface area contributed by atoms with Crippen LogP contribution in [0.25, 0.3) is 0 Å². The molecule has 7 heavy (non-hydrogen) atoms. The summed E-state index contributed by atoms with van der Waals surface area (Å²) >= 11 is 13.2. The number of alkyl halides is 4. The number of halogens is 5. The third-order valence-corrected chi connectivity index (χ3v) is 0. The molecule has 0 saturated heterocycles. The largest absolute Gasteiger partial charge is 0.333 e. The lowest BCUT2D eigenvalue weighted by Crippen LogP contribution is -1.83. The van der Waals surface area contributed by atoms with Gasteiger partial charge in [0.15, 0.2) is 0 Å². The molecule has 0 amide bonds. The van der Waals surface area contributed by atoms with Crippen molar-refractivity contribution in [3.63, 3.8) is 0 Å². The van der Waals surface area contributed by atoms with Gasteiger partial charge in [0.05, 0.1) is 0 Å². The van der Waals surface area contributed by atoms with E-state index in [-0.39, 0.29) is 0 Å². The van der Waals surface area contributed by atoms with Crippen molar-refractivity contribution in [3.8, 4) is 0 Å². The molecular formula is C2Cl3F2. The van der Waals surface area contributed by atoms with Gasteiger partial charge in [-0.3, -0.25) is 0 Å².